The molecule has 0 saturated heterocycles. The summed E-state index contributed by atoms with van der Waals surface area (Å²) in [6.45, 7) is 16.1. The first-order valence-electron chi connectivity index (χ1n) is 10.3. The summed E-state index contributed by atoms with van der Waals surface area (Å²) >= 11 is 0. The standard InChI is InChI=1S/C26H37NSi/c1-24(2,3)28(22-15-11-9-12-16-22,23-17-13-10-14-18-23)20-19-25(4,5)21-26(6,7)27-8/h9-18,27H,21H2,1-8H3. The van der Waals surface area contributed by atoms with Crippen LogP contribution in [0.2, 0.25) is 5.04 Å². The Morgan fingerprint density at radius 3 is 1.54 bits per heavy atom. The number of nitrogens with one attached hydrogen (secondary N) is 1. The van der Waals surface area contributed by atoms with Gasteiger partial charge in [0.25, 0.3) is 0 Å². The SMILES string of the molecule is CNC(C)(C)CC(C)(C)C#C[Si](c1ccccc1)(c1ccccc1)C(C)(C)C. The largest absolute Gasteiger partial charge is 0.315 e. The normalized spacial score (nSPS) is 13.0. The molecule has 1 nitrogen and oxygen atoms in total. The Hall–Kier alpha value is -1.82. The van der Waals surface area contributed by atoms with Gasteiger partial charge in [-0.15, -0.1) is 11.5 Å². The van der Waals surface area contributed by atoms with Gasteiger partial charge in [-0.1, -0.05) is 81.4 Å². The predicted molar refractivity (Wildman–Crippen MR) is 127 cm³/mol. The van der Waals surface area contributed by atoms with E-state index in [-0.39, 0.29) is 16.0 Å². The summed E-state index contributed by atoms with van der Waals surface area (Å²) in [6, 6.07) is 21.9. The van der Waals surface area contributed by atoms with Crippen molar-refractivity contribution in [1.82, 2.24) is 5.32 Å². The molecule has 0 atom stereocenters. The summed E-state index contributed by atoms with van der Waals surface area (Å²) in [5, 5.41) is 6.29. The van der Waals surface area contributed by atoms with Crippen LogP contribution in [0.25, 0.3) is 0 Å². The maximum absolute atomic E-state index is 3.95. The van der Waals surface area contributed by atoms with Crippen LogP contribution in [0.5, 0.6) is 0 Å². The molecular weight excluding hydrogens is 354 g/mol. The van der Waals surface area contributed by atoms with Crippen molar-refractivity contribution in [3.63, 3.8) is 0 Å². The molecule has 0 bridgehead atoms. The van der Waals surface area contributed by atoms with E-state index in [1.54, 1.807) is 0 Å². The van der Waals surface area contributed by atoms with Crippen molar-refractivity contribution in [3.8, 4) is 11.5 Å². The molecule has 28 heavy (non-hydrogen) atoms. The summed E-state index contributed by atoms with van der Waals surface area (Å²) < 4.78 is 0. The minimum absolute atomic E-state index is 0.0591. The van der Waals surface area contributed by atoms with Crippen LogP contribution in [0.15, 0.2) is 60.7 Å². The van der Waals surface area contributed by atoms with Crippen LogP contribution in [0.3, 0.4) is 0 Å². The Balaban J connectivity index is 2.71. The van der Waals surface area contributed by atoms with Gasteiger partial charge in [-0.2, -0.15) is 0 Å². The lowest BCUT2D eigenvalue weighted by Crippen LogP contribution is -2.63. The molecular formula is C26H37NSi. The average Bonchev–Trinajstić information content (AvgIpc) is 2.62. The zero-order valence-electron chi connectivity index (χ0n) is 19.0. The fourth-order valence-corrected chi connectivity index (χ4v) is 8.88. The molecule has 2 heteroatoms. The summed E-state index contributed by atoms with van der Waals surface area (Å²) in [4.78, 5) is 0. The molecule has 150 valence electrons. The highest BCUT2D eigenvalue weighted by molar-refractivity contribution is 7.10. The summed E-state index contributed by atoms with van der Waals surface area (Å²) in [5.74, 6) is 3.77. The predicted octanol–water partition coefficient (Wildman–Crippen LogP) is 5.01. The van der Waals surface area contributed by atoms with Crippen molar-refractivity contribution < 1.29 is 0 Å². The molecule has 0 aliphatic rings. The van der Waals surface area contributed by atoms with Crippen LogP contribution in [-0.2, 0) is 0 Å². The molecule has 0 unspecified atom stereocenters. The Morgan fingerprint density at radius 1 is 0.750 bits per heavy atom. The Bertz CT molecular complexity index is 778. The maximum atomic E-state index is 3.95. The molecule has 0 fully saturated rings. The molecule has 0 saturated carbocycles. The molecule has 2 aromatic rings. The Kier molecular flexibility index (Phi) is 6.64. The van der Waals surface area contributed by atoms with E-state index >= 15 is 0 Å². The number of hydrogen-bond donors (Lipinski definition) is 1. The second-order valence-electron chi connectivity index (χ2n) is 10.2. The monoisotopic (exact) mass is 391 g/mol. The topological polar surface area (TPSA) is 12.0 Å². The summed E-state index contributed by atoms with van der Waals surface area (Å²) in [7, 11) is -0.293. The first-order chi connectivity index (χ1) is 12.9. The lowest BCUT2D eigenvalue weighted by atomic mass is 9.81. The molecule has 0 radical (unpaired) electrons. The second kappa shape index (κ2) is 8.27. The van der Waals surface area contributed by atoms with Gasteiger partial charge in [0.1, 0.15) is 0 Å². The van der Waals surface area contributed by atoms with Crippen molar-refractivity contribution >= 4 is 18.4 Å². The Morgan fingerprint density at radius 2 is 1.18 bits per heavy atom. The van der Waals surface area contributed by atoms with Crippen molar-refractivity contribution in [2.24, 2.45) is 5.41 Å². The third-order valence-electron chi connectivity index (χ3n) is 5.69. The van der Waals surface area contributed by atoms with E-state index in [1.165, 1.54) is 10.4 Å². The van der Waals surface area contributed by atoms with Gasteiger partial charge in [-0.25, -0.2) is 0 Å². The first-order valence-corrected chi connectivity index (χ1v) is 12.3. The number of benzene rings is 2. The van der Waals surface area contributed by atoms with Crippen LogP contribution < -0.4 is 15.7 Å². The fraction of sp³-hybridized carbons (Fsp3) is 0.462. The average molecular weight is 392 g/mol. The third-order valence-corrected chi connectivity index (χ3v) is 10.8. The number of rotatable bonds is 5. The van der Waals surface area contributed by atoms with E-state index in [4.69, 9.17) is 0 Å². The van der Waals surface area contributed by atoms with Gasteiger partial charge in [0.15, 0.2) is 0 Å². The smallest absolute Gasteiger partial charge is 0.204 e. The van der Waals surface area contributed by atoms with Gasteiger partial charge in [-0.05, 0) is 56.6 Å². The van der Waals surface area contributed by atoms with Gasteiger partial charge in [0.05, 0.1) is 0 Å². The second-order valence-corrected chi connectivity index (χ2v) is 14.6. The van der Waals surface area contributed by atoms with Gasteiger partial charge in [0.2, 0.25) is 8.07 Å². The molecule has 2 aromatic carbocycles. The van der Waals surface area contributed by atoms with Crippen LogP contribution in [0.1, 0.15) is 54.9 Å². The van der Waals surface area contributed by atoms with E-state index in [0.717, 1.165) is 6.42 Å². The first kappa shape index (κ1) is 22.5. The van der Waals surface area contributed by atoms with E-state index < -0.39 is 8.07 Å². The van der Waals surface area contributed by atoms with Gasteiger partial charge in [0, 0.05) is 11.0 Å². The van der Waals surface area contributed by atoms with Gasteiger partial charge < -0.3 is 5.32 Å². The van der Waals surface area contributed by atoms with E-state index in [1.807, 2.05) is 7.05 Å². The van der Waals surface area contributed by atoms with Crippen LogP contribution in [-0.4, -0.2) is 20.7 Å². The highest BCUT2D eigenvalue weighted by Gasteiger charge is 2.47. The molecule has 0 aliphatic heterocycles. The molecule has 1 N–H and O–H groups in total. The van der Waals surface area contributed by atoms with Crippen LogP contribution in [0.4, 0.5) is 0 Å². The zero-order chi connectivity index (χ0) is 21.1. The number of hydrogen-bond acceptors (Lipinski definition) is 1. The third kappa shape index (κ3) is 4.96. The zero-order valence-corrected chi connectivity index (χ0v) is 20.0. The molecule has 0 heterocycles. The minimum Gasteiger partial charge on any atom is -0.315 e. The van der Waals surface area contributed by atoms with E-state index in [2.05, 4.69) is 126 Å². The lowest BCUT2D eigenvalue weighted by Gasteiger charge is -2.40. The molecule has 0 spiro atoms. The molecule has 0 amide bonds. The van der Waals surface area contributed by atoms with Crippen molar-refractivity contribution in [1.29, 1.82) is 0 Å². The quantitative estimate of drug-likeness (QED) is 0.558. The van der Waals surface area contributed by atoms with E-state index in [0.29, 0.717) is 0 Å². The van der Waals surface area contributed by atoms with Crippen molar-refractivity contribution in [2.75, 3.05) is 7.05 Å². The van der Waals surface area contributed by atoms with Crippen molar-refractivity contribution in [3.05, 3.63) is 60.7 Å². The van der Waals surface area contributed by atoms with E-state index in [9.17, 15) is 0 Å². The summed E-state index contributed by atoms with van der Waals surface area (Å²) in [5.41, 5.74) is 3.94. The maximum Gasteiger partial charge on any atom is 0.204 e. The molecule has 0 aliphatic carbocycles. The molecule has 2 rings (SSSR count). The molecule has 0 aromatic heterocycles. The van der Waals surface area contributed by atoms with Crippen molar-refractivity contribution in [2.45, 2.75) is 65.5 Å². The highest BCUT2D eigenvalue weighted by Crippen LogP contribution is 2.36. The highest BCUT2D eigenvalue weighted by atomic mass is 28.3. The van der Waals surface area contributed by atoms with Crippen LogP contribution in [0, 0.1) is 16.9 Å². The Labute approximate surface area is 174 Å². The summed E-state index contributed by atoms with van der Waals surface area (Å²) in [6.07, 6.45) is 1.00. The van der Waals surface area contributed by atoms with Gasteiger partial charge >= 0.3 is 0 Å². The van der Waals surface area contributed by atoms with Gasteiger partial charge in [-0.3, -0.25) is 0 Å². The lowest BCUT2D eigenvalue weighted by molar-refractivity contribution is 0.292. The van der Waals surface area contributed by atoms with Crippen LogP contribution >= 0.6 is 0 Å². The fourth-order valence-electron chi connectivity index (χ4n) is 4.24. The minimum atomic E-state index is -2.33.